The number of thiazole rings is 1. The van der Waals surface area contributed by atoms with E-state index in [1.165, 1.54) is 22.2 Å². The summed E-state index contributed by atoms with van der Waals surface area (Å²) in [5.41, 5.74) is 1.39. The van der Waals surface area contributed by atoms with Crippen molar-refractivity contribution in [3.8, 4) is 0 Å². The maximum atomic E-state index is 13.0. The first-order valence-electron chi connectivity index (χ1n) is 10.8. The molecule has 1 atom stereocenters. The molecule has 3 aromatic rings. The SMILES string of the molecule is CCNC(=O)[C@H]1CCCN(c2nc3ncn(CC(=O)Nc4cccc(Cl)c4C)c(=O)c3s2)C1. The van der Waals surface area contributed by atoms with Crippen LogP contribution in [0.5, 0.6) is 0 Å². The van der Waals surface area contributed by atoms with Crippen LogP contribution in [0.2, 0.25) is 5.02 Å². The lowest BCUT2D eigenvalue weighted by Crippen LogP contribution is -2.43. The largest absolute Gasteiger partial charge is 0.356 e. The van der Waals surface area contributed by atoms with E-state index in [0.717, 1.165) is 24.9 Å². The minimum absolute atomic E-state index is 0.0461. The van der Waals surface area contributed by atoms with Crippen molar-refractivity contribution >= 4 is 55.9 Å². The third-order valence-electron chi connectivity index (χ3n) is 5.64. The van der Waals surface area contributed by atoms with Gasteiger partial charge in [0, 0.05) is 30.3 Å². The minimum atomic E-state index is -0.353. The summed E-state index contributed by atoms with van der Waals surface area (Å²) >= 11 is 7.35. The summed E-state index contributed by atoms with van der Waals surface area (Å²) in [6.07, 6.45) is 3.05. The van der Waals surface area contributed by atoms with E-state index in [0.29, 0.717) is 39.3 Å². The third-order valence-corrected chi connectivity index (χ3v) is 7.14. The summed E-state index contributed by atoms with van der Waals surface area (Å²) in [7, 11) is 0. The number of aromatic nitrogens is 3. The van der Waals surface area contributed by atoms with Crippen molar-refractivity contribution < 1.29 is 9.59 Å². The number of carbonyl (C=O) groups is 2. The molecule has 174 valence electrons. The van der Waals surface area contributed by atoms with Crippen LogP contribution in [0.15, 0.2) is 29.3 Å². The molecular weight excluding hydrogens is 464 g/mol. The fourth-order valence-corrected chi connectivity index (χ4v) is 5.03. The van der Waals surface area contributed by atoms with E-state index in [1.807, 2.05) is 18.7 Å². The molecule has 4 rings (SSSR count). The lowest BCUT2D eigenvalue weighted by Gasteiger charge is -2.31. The van der Waals surface area contributed by atoms with E-state index in [-0.39, 0.29) is 29.8 Å². The quantitative estimate of drug-likeness (QED) is 0.552. The second-order valence-corrected chi connectivity index (χ2v) is 9.35. The van der Waals surface area contributed by atoms with Crippen LogP contribution >= 0.6 is 22.9 Å². The number of amides is 2. The Morgan fingerprint density at radius 1 is 1.33 bits per heavy atom. The second kappa shape index (κ2) is 9.88. The van der Waals surface area contributed by atoms with Gasteiger partial charge in [-0.1, -0.05) is 29.0 Å². The number of carbonyl (C=O) groups excluding carboxylic acids is 2. The van der Waals surface area contributed by atoms with Gasteiger partial charge in [0.1, 0.15) is 17.6 Å². The van der Waals surface area contributed by atoms with Crippen LogP contribution in [0.4, 0.5) is 10.8 Å². The monoisotopic (exact) mass is 488 g/mol. The van der Waals surface area contributed by atoms with Gasteiger partial charge in [-0.2, -0.15) is 4.98 Å². The lowest BCUT2D eigenvalue weighted by molar-refractivity contribution is -0.125. The number of fused-ring (bicyclic) bond motifs is 1. The first kappa shape index (κ1) is 23.2. The van der Waals surface area contributed by atoms with Crippen molar-refractivity contribution in [2.75, 3.05) is 29.9 Å². The average molecular weight is 489 g/mol. The van der Waals surface area contributed by atoms with Crippen molar-refractivity contribution in [1.82, 2.24) is 19.9 Å². The Morgan fingerprint density at radius 3 is 2.94 bits per heavy atom. The summed E-state index contributed by atoms with van der Waals surface area (Å²) in [6.45, 7) is 5.47. The number of rotatable bonds is 6. The van der Waals surface area contributed by atoms with Crippen molar-refractivity contribution in [1.29, 1.82) is 0 Å². The normalized spacial score (nSPS) is 16.1. The van der Waals surface area contributed by atoms with Gasteiger partial charge in [0.15, 0.2) is 10.8 Å². The highest BCUT2D eigenvalue weighted by Gasteiger charge is 2.27. The molecule has 1 fully saturated rings. The van der Waals surface area contributed by atoms with Gasteiger partial charge in [0.2, 0.25) is 11.8 Å². The molecule has 1 aliphatic rings. The third kappa shape index (κ3) is 5.01. The topological polar surface area (TPSA) is 109 Å². The van der Waals surface area contributed by atoms with Crippen LogP contribution in [-0.4, -0.2) is 46.0 Å². The van der Waals surface area contributed by atoms with Crippen LogP contribution in [0, 0.1) is 12.8 Å². The highest BCUT2D eigenvalue weighted by atomic mass is 35.5. The average Bonchev–Trinajstić information content (AvgIpc) is 3.24. The number of halogens is 1. The molecule has 2 aromatic heterocycles. The molecule has 1 aromatic carbocycles. The lowest BCUT2D eigenvalue weighted by atomic mass is 9.97. The molecule has 9 nitrogen and oxygen atoms in total. The Balaban J connectivity index is 1.51. The van der Waals surface area contributed by atoms with Gasteiger partial charge in [-0.25, -0.2) is 4.98 Å². The van der Waals surface area contributed by atoms with E-state index >= 15 is 0 Å². The second-order valence-electron chi connectivity index (χ2n) is 7.97. The van der Waals surface area contributed by atoms with Gasteiger partial charge in [0.25, 0.3) is 5.56 Å². The molecule has 11 heteroatoms. The number of nitrogens with one attached hydrogen (secondary N) is 2. The number of benzene rings is 1. The highest BCUT2D eigenvalue weighted by molar-refractivity contribution is 7.22. The number of nitrogens with zero attached hydrogens (tertiary/aromatic N) is 4. The zero-order valence-electron chi connectivity index (χ0n) is 18.4. The molecule has 0 saturated carbocycles. The van der Waals surface area contributed by atoms with Crippen LogP contribution in [0.3, 0.4) is 0 Å². The predicted octanol–water partition coefficient (Wildman–Crippen LogP) is 2.81. The van der Waals surface area contributed by atoms with Gasteiger partial charge in [-0.05, 0) is 44.4 Å². The predicted molar refractivity (Wildman–Crippen MR) is 130 cm³/mol. The maximum Gasteiger partial charge on any atom is 0.273 e. The Hall–Kier alpha value is -2.98. The molecular formula is C22H25ClN6O3S. The molecule has 0 unspecified atom stereocenters. The van der Waals surface area contributed by atoms with E-state index in [2.05, 4.69) is 20.6 Å². The molecule has 2 N–H and O–H groups in total. The fourth-order valence-electron chi connectivity index (χ4n) is 3.85. The summed E-state index contributed by atoms with van der Waals surface area (Å²) < 4.78 is 1.66. The van der Waals surface area contributed by atoms with Crippen molar-refractivity contribution in [3.05, 3.63) is 45.5 Å². The van der Waals surface area contributed by atoms with Gasteiger partial charge < -0.3 is 15.5 Å². The number of hydrogen-bond acceptors (Lipinski definition) is 7. The first-order chi connectivity index (χ1) is 15.9. The molecule has 0 bridgehead atoms. The van der Waals surface area contributed by atoms with Crippen LogP contribution < -0.4 is 21.1 Å². The van der Waals surface area contributed by atoms with E-state index < -0.39 is 0 Å². The highest BCUT2D eigenvalue weighted by Crippen LogP contribution is 2.29. The number of piperidine rings is 1. The van der Waals surface area contributed by atoms with Crippen molar-refractivity contribution in [2.45, 2.75) is 33.2 Å². The number of anilines is 2. The molecule has 1 aliphatic heterocycles. The Bertz CT molecular complexity index is 1260. The van der Waals surface area contributed by atoms with E-state index in [1.54, 1.807) is 18.2 Å². The minimum Gasteiger partial charge on any atom is -0.356 e. The molecule has 0 radical (unpaired) electrons. The molecule has 0 aliphatic carbocycles. The zero-order valence-corrected chi connectivity index (χ0v) is 20.0. The smallest absolute Gasteiger partial charge is 0.273 e. The maximum absolute atomic E-state index is 13.0. The van der Waals surface area contributed by atoms with Crippen LogP contribution in [0.1, 0.15) is 25.3 Å². The number of hydrogen-bond donors (Lipinski definition) is 2. The Morgan fingerprint density at radius 2 is 2.15 bits per heavy atom. The Kier molecular flexibility index (Phi) is 6.94. The fraction of sp³-hybridized carbons (Fsp3) is 0.409. The summed E-state index contributed by atoms with van der Waals surface area (Å²) in [6, 6.07) is 5.25. The van der Waals surface area contributed by atoms with E-state index in [9.17, 15) is 14.4 Å². The van der Waals surface area contributed by atoms with Gasteiger partial charge in [-0.15, -0.1) is 0 Å². The zero-order chi connectivity index (χ0) is 23.5. The standard InChI is InChI=1S/C22H25ClN6O3S/c1-3-24-20(31)14-6-5-9-28(10-14)22-27-19-18(33-22)21(32)29(12-25-19)11-17(30)26-16-8-4-7-15(23)13(16)2/h4,7-8,12,14H,3,5-6,9-11H2,1-2H3,(H,24,31)(H,26,30)/t14-/m0/s1. The first-order valence-corrected chi connectivity index (χ1v) is 12.0. The summed E-state index contributed by atoms with van der Waals surface area (Å²) in [5, 5.41) is 6.89. The summed E-state index contributed by atoms with van der Waals surface area (Å²) in [4.78, 5) is 48.6. The van der Waals surface area contributed by atoms with Gasteiger partial charge in [0.05, 0.1) is 5.92 Å². The van der Waals surface area contributed by atoms with Crippen molar-refractivity contribution in [3.63, 3.8) is 0 Å². The molecule has 1 saturated heterocycles. The summed E-state index contributed by atoms with van der Waals surface area (Å²) in [5.74, 6) is -0.409. The van der Waals surface area contributed by atoms with E-state index in [4.69, 9.17) is 11.6 Å². The van der Waals surface area contributed by atoms with Crippen LogP contribution in [-0.2, 0) is 16.1 Å². The van der Waals surface area contributed by atoms with Crippen molar-refractivity contribution in [2.24, 2.45) is 5.92 Å². The van der Waals surface area contributed by atoms with Crippen LogP contribution in [0.25, 0.3) is 10.3 Å². The molecule has 2 amide bonds. The van der Waals surface area contributed by atoms with Gasteiger partial charge in [-0.3, -0.25) is 19.0 Å². The molecule has 3 heterocycles. The van der Waals surface area contributed by atoms with Gasteiger partial charge >= 0.3 is 0 Å². The molecule has 33 heavy (non-hydrogen) atoms. The Labute approximate surface area is 199 Å². The molecule has 0 spiro atoms.